The molecule has 0 saturated carbocycles. The normalized spacial score (nSPS) is 11.2. The largest absolute Gasteiger partial charge is 0.318 e. The molecule has 3 aromatic rings. The molecule has 25 heavy (non-hydrogen) atoms. The van der Waals surface area contributed by atoms with Crippen LogP contribution in [0.15, 0.2) is 59.7 Å². The van der Waals surface area contributed by atoms with Gasteiger partial charge in [-0.15, -0.1) is 0 Å². The summed E-state index contributed by atoms with van der Waals surface area (Å²) in [6.45, 7) is 4.66. The van der Waals surface area contributed by atoms with E-state index in [9.17, 15) is 0 Å². The minimum Gasteiger partial charge on any atom is -0.318 e. The highest BCUT2D eigenvalue weighted by molar-refractivity contribution is 6.35. The van der Waals surface area contributed by atoms with Gasteiger partial charge < -0.3 is 9.99 Å². The van der Waals surface area contributed by atoms with Crippen molar-refractivity contribution in [3.05, 3.63) is 87.2 Å². The molecule has 0 aliphatic carbocycles. The summed E-state index contributed by atoms with van der Waals surface area (Å²) in [7, 11) is 0. The fourth-order valence-corrected chi connectivity index (χ4v) is 3.36. The molecule has 1 N–H and O–H groups in total. The number of nitrogens with zero attached hydrogens (tertiary/aromatic N) is 2. The maximum absolute atomic E-state index is 6.16. The van der Waals surface area contributed by atoms with Gasteiger partial charge in [-0.3, -0.25) is 0 Å². The lowest BCUT2D eigenvalue weighted by molar-refractivity contribution is 0.748. The van der Waals surface area contributed by atoms with Crippen LogP contribution in [0, 0.1) is 13.8 Å². The van der Waals surface area contributed by atoms with Crippen LogP contribution < -0.4 is 5.43 Å². The van der Waals surface area contributed by atoms with Crippen LogP contribution in [0.25, 0.3) is 5.69 Å². The van der Waals surface area contributed by atoms with Gasteiger partial charge in [0, 0.05) is 38.2 Å². The van der Waals surface area contributed by atoms with Crippen molar-refractivity contribution in [2.45, 2.75) is 20.4 Å². The second-order valence-corrected chi connectivity index (χ2v) is 6.61. The molecule has 0 aliphatic heterocycles. The lowest BCUT2D eigenvalue weighted by Gasteiger charge is -2.09. The van der Waals surface area contributed by atoms with Crippen molar-refractivity contribution in [3.8, 4) is 5.69 Å². The molecule has 0 fully saturated rings. The maximum atomic E-state index is 6.16. The Kier molecular flexibility index (Phi) is 5.47. The van der Waals surface area contributed by atoms with E-state index in [2.05, 4.69) is 47.1 Å². The SMILES string of the molecule is Cc1cc(/C=N\NCc2c(Cl)cccc2Cl)c(C)n1-c1ccccc1. The molecular weight excluding hydrogens is 353 g/mol. The van der Waals surface area contributed by atoms with E-state index in [0.717, 1.165) is 22.5 Å². The first-order valence-electron chi connectivity index (χ1n) is 8.01. The van der Waals surface area contributed by atoms with Gasteiger partial charge in [0.05, 0.1) is 12.8 Å². The number of para-hydroxylation sites is 1. The highest BCUT2D eigenvalue weighted by Crippen LogP contribution is 2.24. The number of halogens is 2. The molecule has 0 bridgehead atoms. The van der Waals surface area contributed by atoms with Gasteiger partial charge in [-0.05, 0) is 44.2 Å². The summed E-state index contributed by atoms with van der Waals surface area (Å²) in [5.41, 5.74) is 8.39. The Morgan fingerprint density at radius 2 is 1.68 bits per heavy atom. The molecule has 1 aromatic heterocycles. The summed E-state index contributed by atoms with van der Waals surface area (Å²) >= 11 is 12.3. The van der Waals surface area contributed by atoms with Crippen LogP contribution in [0.1, 0.15) is 22.5 Å². The quantitative estimate of drug-likeness (QED) is 0.463. The van der Waals surface area contributed by atoms with Gasteiger partial charge in [-0.1, -0.05) is 47.5 Å². The molecule has 3 nitrogen and oxygen atoms in total. The standard InChI is InChI=1S/C20H19Cl2N3/c1-14-11-16(15(2)25(14)17-7-4-3-5-8-17)12-23-24-13-18-19(21)9-6-10-20(18)22/h3-12,24H,13H2,1-2H3/b23-12-. The van der Waals surface area contributed by atoms with Crippen LogP contribution in [0.5, 0.6) is 0 Å². The van der Waals surface area contributed by atoms with E-state index >= 15 is 0 Å². The van der Waals surface area contributed by atoms with Crippen molar-refractivity contribution in [3.63, 3.8) is 0 Å². The summed E-state index contributed by atoms with van der Waals surface area (Å²) < 4.78 is 2.21. The van der Waals surface area contributed by atoms with Crippen LogP contribution in [0.4, 0.5) is 0 Å². The average Bonchev–Trinajstić information content (AvgIpc) is 2.88. The Labute approximate surface area is 157 Å². The fourth-order valence-electron chi connectivity index (χ4n) is 2.83. The van der Waals surface area contributed by atoms with Crippen LogP contribution in [0.2, 0.25) is 10.0 Å². The third-order valence-corrected chi connectivity index (χ3v) is 4.81. The molecule has 128 valence electrons. The summed E-state index contributed by atoms with van der Waals surface area (Å²) in [6.07, 6.45) is 1.83. The average molecular weight is 372 g/mol. The van der Waals surface area contributed by atoms with Crippen molar-refractivity contribution in [1.82, 2.24) is 9.99 Å². The van der Waals surface area contributed by atoms with E-state index in [1.165, 1.54) is 5.69 Å². The molecule has 0 amide bonds. The third-order valence-electron chi connectivity index (χ3n) is 4.10. The topological polar surface area (TPSA) is 29.3 Å². The summed E-state index contributed by atoms with van der Waals surface area (Å²) in [6, 6.07) is 17.9. The molecule has 0 unspecified atom stereocenters. The van der Waals surface area contributed by atoms with E-state index in [0.29, 0.717) is 16.6 Å². The number of benzene rings is 2. The fraction of sp³-hybridized carbons (Fsp3) is 0.150. The second-order valence-electron chi connectivity index (χ2n) is 5.79. The maximum Gasteiger partial charge on any atom is 0.0609 e. The Morgan fingerprint density at radius 1 is 1.00 bits per heavy atom. The Balaban J connectivity index is 1.75. The molecule has 5 heteroatoms. The molecule has 0 radical (unpaired) electrons. The van der Waals surface area contributed by atoms with Crippen molar-refractivity contribution in [1.29, 1.82) is 0 Å². The monoisotopic (exact) mass is 371 g/mol. The number of nitrogens with one attached hydrogen (secondary N) is 1. The lowest BCUT2D eigenvalue weighted by Crippen LogP contribution is -2.07. The van der Waals surface area contributed by atoms with Gasteiger partial charge in [-0.25, -0.2) is 0 Å². The first-order chi connectivity index (χ1) is 12.1. The van der Waals surface area contributed by atoms with Crippen LogP contribution in [-0.2, 0) is 6.54 Å². The summed E-state index contributed by atoms with van der Waals surface area (Å²) in [5.74, 6) is 0. The molecule has 2 aromatic carbocycles. The zero-order chi connectivity index (χ0) is 17.8. The molecule has 3 rings (SSSR count). The highest BCUT2D eigenvalue weighted by atomic mass is 35.5. The Bertz CT molecular complexity index is 879. The number of aromatic nitrogens is 1. The summed E-state index contributed by atoms with van der Waals surface area (Å²) in [5, 5.41) is 5.60. The Hall–Kier alpha value is -2.23. The van der Waals surface area contributed by atoms with Crippen LogP contribution in [0.3, 0.4) is 0 Å². The first kappa shape index (κ1) is 17.6. The second kappa shape index (κ2) is 7.77. The smallest absolute Gasteiger partial charge is 0.0609 e. The van der Waals surface area contributed by atoms with Crippen molar-refractivity contribution in [2.24, 2.45) is 5.10 Å². The van der Waals surface area contributed by atoms with Gasteiger partial charge in [-0.2, -0.15) is 5.10 Å². The molecule has 0 atom stereocenters. The van der Waals surface area contributed by atoms with Gasteiger partial charge in [0.15, 0.2) is 0 Å². The summed E-state index contributed by atoms with van der Waals surface area (Å²) in [4.78, 5) is 0. The van der Waals surface area contributed by atoms with E-state index in [-0.39, 0.29) is 0 Å². The molecule has 0 spiro atoms. The zero-order valence-corrected chi connectivity index (χ0v) is 15.6. The number of aryl methyl sites for hydroxylation is 1. The first-order valence-corrected chi connectivity index (χ1v) is 8.76. The Morgan fingerprint density at radius 3 is 2.36 bits per heavy atom. The van der Waals surface area contributed by atoms with Gasteiger partial charge in [0.25, 0.3) is 0 Å². The van der Waals surface area contributed by atoms with E-state index in [1.807, 2.05) is 42.6 Å². The number of hydrazone groups is 1. The van der Waals surface area contributed by atoms with Gasteiger partial charge >= 0.3 is 0 Å². The molecule has 0 aliphatic rings. The van der Waals surface area contributed by atoms with Crippen LogP contribution in [-0.4, -0.2) is 10.8 Å². The minimum absolute atomic E-state index is 0.479. The molecule has 0 saturated heterocycles. The van der Waals surface area contributed by atoms with E-state index in [4.69, 9.17) is 23.2 Å². The number of hydrogen-bond acceptors (Lipinski definition) is 2. The zero-order valence-electron chi connectivity index (χ0n) is 14.1. The van der Waals surface area contributed by atoms with E-state index in [1.54, 1.807) is 0 Å². The minimum atomic E-state index is 0.479. The molecular formula is C20H19Cl2N3. The van der Waals surface area contributed by atoms with Crippen molar-refractivity contribution >= 4 is 29.4 Å². The number of hydrogen-bond donors (Lipinski definition) is 1. The van der Waals surface area contributed by atoms with Crippen molar-refractivity contribution < 1.29 is 0 Å². The van der Waals surface area contributed by atoms with Gasteiger partial charge in [0.1, 0.15) is 0 Å². The molecule has 1 heterocycles. The predicted molar refractivity (Wildman–Crippen MR) is 106 cm³/mol. The highest BCUT2D eigenvalue weighted by Gasteiger charge is 2.09. The number of rotatable bonds is 5. The third kappa shape index (κ3) is 3.89. The van der Waals surface area contributed by atoms with E-state index < -0.39 is 0 Å². The van der Waals surface area contributed by atoms with Gasteiger partial charge in [0.2, 0.25) is 0 Å². The van der Waals surface area contributed by atoms with Crippen molar-refractivity contribution in [2.75, 3.05) is 0 Å². The van der Waals surface area contributed by atoms with Crippen LogP contribution >= 0.6 is 23.2 Å². The predicted octanol–water partition coefficient (Wildman–Crippen LogP) is 5.52. The lowest BCUT2D eigenvalue weighted by atomic mass is 10.2.